The van der Waals surface area contributed by atoms with Crippen molar-refractivity contribution in [1.82, 2.24) is 4.31 Å². The summed E-state index contributed by atoms with van der Waals surface area (Å²) in [7, 11) is -3.64. The van der Waals surface area contributed by atoms with Crippen LogP contribution in [0, 0.1) is 5.41 Å². The fourth-order valence-electron chi connectivity index (χ4n) is 2.37. The van der Waals surface area contributed by atoms with Crippen molar-refractivity contribution in [1.29, 1.82) is 0 Å². The van der Waals surface area contributed by atoms with Crippen molar-refractivity contribution in [3.8, 4) is 0 Å². The lowest BCUT2D eigenvalue weighted by molar-refractivity contribution is 0.196. The highest BCUT2D eigenvalue weighted by Crippen LogP contribution is 2.36. The molecular weight excluding hydrogens is 353 g/mol. The summed E-state index contributed by atoms with van der Waals surface area (Å²) in [6.07, 6.45) is 1.65. The lowest BCUT2D eigenvalue weighted by Crippen LogP contribution is -2.41. The average Bonchev–Trinajstić information content (AvgIpc) is 2.40. The predicted octanol–water partition coefficient (Wildman–Crippen LogP) is 4.54. The van der Waals surface area contributed by atoms with E-state index in [9.17, 15) is 8.42 Å². The maximum atomic E-state index is 12.8. The van der Waals surface area contributed by atoms with Gasteiger partial charge < -0.3 is 0 Å². The summed E-state index contributed by atoms with van der Waals surface area (Å²) in [5.41, 5.74) is 0.701. The van der Waals surface area contributed by atoms with E-state index in [1.54, 1.807) is 6.07 Å². The molecule has 1 fully saturated rings. The SMILES string of the molecule is CC1(C)CCN(S(=O)(=O)c2cc(Cl)cc(CCl)c2Cl)CC1. The van der Waals surface area contributed by atoms with E-state index in [1.807, 2.05) is 0 Å². The second-order valence-electron chi connectivity index (χ2n) is 6.08. The zero-order valence-corrected chi connectivity index (χ0v) is 15.1. The van der Waals surface area contributed by atoms with Gasteiger partial charge >= 0.3 is 0 Å². The van der Waals surface area contributed by atoms with Gasteiger partial charge in [-0.25, -0.2) is 8.42 Å². The van der Waals surface area contributed by atoms with Gasteiger partial charge in [-0.1, -0.05) is 37.0 Å². The summed E-state index contributed by atoms with van der Waals surface area (Å²) in [5, 5.41) is 0.491. The molecule has 1 aromatic rings. The van der Waals surface area contributed by atoms with Crippen LogP contribution in [0.25, 0.3) is 0 Å². The van der Waals surface area contributed by atoms with Crippen molar-refractivity contribution in [2.24, 2.45) is 5.41 Å². The number of rotatable bonds is 3. The Balaban J connectivity index is 2.39. The number of piperidine rings is 1. The Morgan fingerprint density at radius 2 is 1.76 bits per heavy atom. The fourth-order valence-corrected chi connectivity index (χ4v) is 5.00. The van der Waals surface area contributed by atoms with Gasteiger partial charge in [0.05, 0.1) is 5.02 Å². The molecule has 0 amide bonds. The van der Waals surface area contributed by atoms with Gasteiger partial charge in [0.25, 0.3) is 0 Å². The van der Waals surface area contributed by atoms with Gasteiger partial charge in [0.2, 0.25) is 10.0 Å². The van der Waals surface area contributed by atoms with E-state index in [0.29, 0.717) is 23.7 Å². The minimum Gasteiger partial charge on any atom is -0.207 e. The number of hydrogen-bond acceptors (Lipinski definition) is 2. The van der Waals surface area contributed by atoms with Gasteiger partial charge in [-0.3, -0.25) is 0 Å². The minimum absolute atomic E-state index is 0.0482. The number of benzene rings is 1. The smallest absolute Gasteiger partial charge is 0.207 e. The number of hydrogen-bond donors (Lipinski definition) is 0. The third-order valence-electron chi connectivity index (χ3n) is 3.92. The molecule has 1 aromatic carbocycles. The zero-order chi connectivity index (χ0) is 15.8. The highest BCUT2D eigenvalue weighted by atomic mass is 35.5. The molecule has 1 aliphatic heterocycles. The minimum atomic E-state index is -3.64. The van der Waals surface area contributed by atoms with Crippen LogP contribution in [0.1, 0.15) is 32.3 Å². The van der Waals surface area contributed by atoms with Crippen LogP contribution in [0.15, 0.2) is 17.0 Å². The van der Waals surface area contributed by atoms with Crippen LogP contribution in [0.4, 0.5) is 0 Å². The average molecular weight is 371 g/mol. The molecule has 0 unspecified atom stereocenters. The molecule has 0 aliphatic carbocycles. The highest BCUT2D eigenvalue weighted by Gasteiger charge is 2.34. The Morgan fingerprint density at radius 1 is 1.19 bits per heavy atom. The van der Waals surface area contributed by atoms with E-state index in [0.717, 1.165) is 12.8 Å². The second-order valence-corrected chi connectivity index (χ2v) is 9.07. The predicted molar refractivity (Wildman–Crippen MR) is 87.8 cm³/mol. The summed E-state index contributed by atoms with van der Waals surface area (Å²) in [6.45, 7) is 5.28. The van der Waals surface area contributed by atoms with Crippen molar-refractivity contribution >= 4 is 44.8 Å². The first-order chi connectivity index (χ1) is 9.67. The van der Waals surface area contributed by atoms with E-state index in [4.69, 9.17) is 34.8 Å². The standard InChI is InChI=1S/C14H18Cl3NO2S/c1-14(2)3-5-18(6-4-14)21(19,20)12-8-11(16)7-10(9-15)13(12)17/h7-8H,3-6,9H2,1-2H3. The van der Waals surface area contributed by atoms with Crippen LogP contribution < -0.4 is 0 Å². The molecule has 0 N–H and O–H groups in total. The normalized spacial score (nSPS) is 19.7. The first-order valence-electron chi connectivity index (χ1n) is 6.71. The van der Waals surface area contributed by atoms with Gasteiger partial charge in [0, 0.05) is 24.0 Å². The molecule has 0 bridgehead atoms. The Labute approximate surface area is 141 Å². The van der Waals surface area contributed by atoms with E-state index in [1.165, 1.54) is 10.4 Å². The van der Waals surface area contributed by atoms with E-state index in [-0.39, 0.29) is 21.2 Å². The summed E-state index contributed by atoms with van der Waals surface area (Å²) >= 11 is 18.0. The maximum absolute atomic E-state index is 12.8. The third-order valence-corrected chi connectivity index (χ3v) is 6.90. The Kier molecular flexibility index (Phi) is 5.16. The molecule has 7 heteroatoms. The lowest BCUT2D eigenvalue weighted by Gasteiger charge is -2.36. The van der Waals surface area contributed by atoms with Crippen molar-refractivity contribution in [3.63, 3.8) is 0 Å². The molecule has 0 atom stereocenters. The van der Waals surface area contributed by atoms with Crippen LogP contribution in [0.3, 0.4) is 0 Å². The van der Waals surface area contributed by atoms with Crippen molar-refractivity contribution in [2.75, 3.05) is 13.1 Å². The summed E-state index contributed by atoms with van der Waals surface area (Å²) in [6, 6.07) is 2.99. The van der Waals surface area contributed by atoms with Gasteiger partial charge in [-0.15, -0.1) is 11.6 Å². The maximum Gasteiger partial charge on any atom is 0.244 e. The molecule has 3 nitrogen and oxygen atoms in total. The first kappa shape index (κ1) is 17.4. The Bertz CT molecular complexity index is 634. The molecule has 1 saturated heterocycles. The Hall–Kier alpha value is -0.000000000000000111. The number of halogens is 3. The molecule has 0 aromatic heterocycles. The van der Waals surface area contributed by atoms with Gasteiger partial charge in [0.15, 0.2) is 0 Å². The quantitative estimate of drug-likeness (QED) is 0.732. The van der Waals surface area contributed by atoms with Crippen LogP contribution in [0.5, 0.6) is 0 Å². The molecule has 118 valence electrons. The van der Waals surface area contributed by atoms with E-state index >= 15 is 0 Å². The van der Waals surface area contributed by atoms with Crippen molar-refractivity contribution < 1.29 is 8.42 Å². The summed E-state index contributed by atoms with van der Waals surface area (Å²) in [4.78, 5) is 0.0482. The third kappa shape index (κ3) is 3.67. The first-order valence-corrected chi connectivity index (χ1v) is 9.44. The van der Waals surface area contributed by atoms with Gasteiger partial charge in [0.1, 0.15) is 4.90 Å². The topological polar surface area (TPSA) is 37.4 Å². The van der Waals surface area contributed by atoms with Crippen LogP contribution in [-0.2, 0) is 15.9 Å². The summed E-state index contributed by atoms with van der Waals surface area (Å²) in [5.74, 6) is 0.120. The largest absolute Gasteiger partial charge is 0.244 e. The molecule has 1 heterocycles. The monoisotopic (exact) mass is 369 g/mol. The van der Waals surface area contributed by atoms with Crippen molar-refractivity contribution in [2.45, 2.75) is 37.5 Å². The summed E-state index contributed by atoms with van der Waals surface area (Å²) < 4.78 is 27.0. The van der Waals surface area contributed by atoms with Crippen molar-refractivity contribution in [3.05, 3.63) is 27.7 Å². The fraction of sp³-hybridized carbons (Fsp3) is 0.571. The number of nitrogens with zero attached hydrogens (tertiary/aromatic N) is 1. The van der Waals surface area contributed by atoms with Gasteiger partial charge in [-0.05, 0) is 36.0 Å². The molecular formula is C14H18Cl3NO2S. The van der Waals surface area contributed by atoms with Crippen LogP contribution in [-0.4, -0.2) is 25.8 Å². The molecule has 21 heavy (non-hydrogen) atoms. The lowest BCUT2D eigenvalue weighted by atomic mass is 9.83. The number of sulfonamides is 1. The van der Waals surface area contributed by atoms with E-state index < -0.39 is 10.0 Å². The highest BCUT2D eigenvalue weighted by molar-refractivity contribution is 7.89. The van der Waals surface area contributed by atoms with Crippen LogP contribution >= 0.6 is 34.8 Å². The molecule has 1 aliphatic rings. The van der Waals surface area contributed by atoms with E-state index in [2.05, 4.69) is 13.8 Å². The number of alkyl halides is 1. The zero-order valence-electron chi connectivity index (χ0n) is 12.0. The second kappa shape index (κ2) is 6.25. The molecule has 0 saturated carbocycles. The molecule has 0 spiro atoms. The Morgan fingerprint density at radius 3 is 2.29 bits per heavy atom. The molecule has 2 rings (SSSR count). The van der Waals surface area contributed by atoms with Gasteiger partial charge in [-0.2, -0.15) is 4.31 Å². The van der Waals surface area contributed by atoms with Crippen LogP contribution in [0.2, 0.25) is 10.0 Å². The molecule has 0 radical (unpaired) electrons.